The molecule has 0 amide bonds. The Morgan fingerprint density at radius 3 is 2.43 bits per heavy atom. The molecule has 2 aromatic rings. The lowest BCUT2D eigenvalue weighted by molar-refractivity contribution is -0.141. The van der Waals surface area contributed by atoms with Crippen molar-refractivity contribution in [3.63, 3.8) is 0 Å². The Morgan fingerprint density at radius 2 is 1.76 bits per heavy atom. The van der Waals surface area contributed by atoms with Gasteiger partial charge in [0, 0.05) is 31.3 Å². The fourth-order valence-corrected chi connectivity index (χ4v) is 2.54. The summed E-state index contributed by atoms with van der Waals surface area (Å²) in [4.78, 5) is 17.0. The normalized spacial score (nSPS) is 16.5. The van der Waals surface area contributed by atoms with Crippen LogP contribution in [0.15, 0.2) is 30.3 Å². The highest BCUT2D eigenvalue weighted by Gasteiger charge is 2.32. The van der Waals surface area contributed by atoms with Crippen molar-refractivity contribution in [2.75, 3.05) is 18.0 Å². The Morgan fingerprint density at radius 1 is 1.05 bits per heavy atom. The third kappa shape index (κ3) is 2.70. The molecule has 0 bridgehead atoms. The Labute approximate surface area is 119 Å². The van der Waals surface area contributed by atoms with Crippen LogP contribution in [0.3, 0.4) is 0 Å². The van der Waals surface area contributed by atoms with Crippen molar-refractivity contribution in [1.82, 2.24) is 4.98 Å². The molecule has 0 atom stereocenters. The first-order chi connectivity index (χ1) is 9.95. The number of alkyl halides is 3. The van der Waals surface area contributed by atoms with Gasteiger partial charge in [-0.25, -0.2) is 4.98 Å². The maximum Gasteiger partial charge on any atom is 0.433 e. The van der Waals surface area contributed by atoms with Gasteiger partial charge in [0.2, 0.25) is 0 Å². The fraction of sp³-hybridized carbons (Fsp3) is 0.333. The second-order valence-electron chi connectivity index (χ2n) is 5.07. The van der Waals surface area contributed by atoms with E-state index in [1.54, 1.807) is 18.2 Å². The molecule has 1 aliphatic heterocycles. The van der Waals surface area contributed by atoms with E-state index in [2.05, 4.69) is 4.98 Å². The number of ketones is 1. The van der Waals surface area contributed by atoms with Crippen LogP contribution >= 0.6 is 0 Å². The van der Waals surface area contributed by atoms with E-state index < -0.39 is 11.9 Å². The molecule has 3 nitrogen and oxygen atoms in total. The number of hydrogen-bond donors (Lipinski definition) is 0. The molecule has 110 valence electrons. The van der Waals surface area contributed by atoms with Gasteiger partial charge >= 0.3 is 6.18 Å². The van der Waals surface area contributed by atoms with E-state index in [9.17, 15) is 18.0 Å². The van der Waals surface area contributed by atoms with Crippen molar-refractivity contribution < 1.29 is 18.0 Å². The lowest BCUT2D eigenvalue weighted by Gasteiger charge is -2.28. The number of anilines is 1. The van der Waals surface area contributed by atoms with E-state index in [-0.39, 0.29) is 5.78 Å². The molecule has 1 saturated heterocycles. The van der Waals surface area contributed by atoms with Gasteiger partial charge in [-0.2, -0.15) is 13.2 Å². The number of pyridine rings is 1. The van der Waals surface area contributed by atoms with Gasteiger partial charge < -0.3 is 4.90 Å². The molecule has 0 saturated carbocycles. The summed E-state index contributed by atoms with van der Waals surface area (Å²) in [7, 11) is 0. The second kappa shape index (κ2) is 5.02. The number of hydrogen-bond acceptors (Lipinski definition) is 3. The van der Waals surface area contributed by atoms with Gasteiger partial charge in [0.15, 0.2) is 0 Å². The quantitative estimate of drug-likeness (QED) is 0.808. The predicted molar refractivity (Wildman–Crippen MR) is 73.2 cm³/mol. The van der Waals surface area contributed by atoms with E-state index in [1.807, 2.05) is 4.90 Å². The van der Waals surface area contributed by atoms with Gasteiger partial charge in [-0.1, -0.05) is 18.2 Å². The molecule has 0 unspecified atom stereocenters. The number of rotatable bonds is 1. The zero-order valence-electron chi connectivity index (χ0n) is 11.2. The summed E-state index contributed by atoms with van der Waals surface area (Å²) >= 11 is 0. The highest BCUT2D eigenvalue weighted by atomic mass is 19.4. The largest absolute Gasteiger partial charge is 0.433 e. The highest BCUT2D eigenvalue weighted by Crippen LogP contribution is 2.32. The summed E-state index contributed by atoms with van der Waals surface area (Å²) in [6.07, 6.45) is -3.61. The minimum Gasteiger partial charge on any atom is -0.369 e. The highest BCUT2D eigenvalue weighted by molar-refractivity contribution is 5.92. The van der Waals surface area contributed by atoms with Crippen molar-refractivity contribution in [2.45, 2.75) is 19.0 Å². The molecule has 1 aromatic carbocycles. The van der Waals surface area contributed by atoms with Crippen LogP contribution in [-0.4, -0.2) is 23.9 Å². The van der Waals surface area contributed by atoms with Gasteiger partial charge in [-0.15, -0.1) is 0 Å². The van der Waals surface area contributed by atoms with Gasteiger partial charge in [0.1, 0.15) is 11.5 Å². The molecule has 2 heterocycles. The number of nitrogens with zero attached hydrogens (tertiary/aromatic N) is 2. The van der Waals surface area contributed by atoms with Crippen molar-refractivity contribution in [1.29, 1.82) is 0 Å². The molecule has 0 spiro atoms. The lowest BCUT2D eigenvalue weighted by Crippen LogP contribution is -2.33. The van der Waals surface area contributed by atoms with Crippen LogP contribution in [0.5, 0.6) is 0 Å². The van der Waals surface area contributed by atoms with Gasteiger partial charge in [-0.05, 0) is 12.1 Å². The lowest BCUT2D eigenvalue weighted by atomic mass is 10.1. The molecule has 1 aliphatic rings. The number of Topliss-reactive ketones (excluding diaryl/α,β-unsaturated/α-hetero) is 1. The maximum atomic E-state index is 12.8. The molecule has 21 heavy (non-hydrogen) atoms. The van der Waals surface area contributed by atoms with Gasteiger partial charge in [-0.3, -0.25) is 4.79 Å². The van der Waals surface area contributed by atoms with Crippen LogP contribution in [0.25, 0.3) is 10.9 Å². The number of carbonyl (C=O) groups is 1. The molecule has 0 aliphatic carbocycles. The first kappa shape index (κ1) is 13.9. The summed E-state index contributed by atoms with van der Waals surface area (Å²) in [6, 6.07) is 7.71. The van der Waals surface area contributed by atoms with Crippen molar-refractivity contribution in [3.8, 4) is 0 Å². The number of piperidine rings is 1. The zero-order valence-corrected chi connectivity index (χ0v) is 11.2. The Balaban J connectivity index is 2.07. The van der Waals surface area contributed by atoms with Crippen molar-refractivity contribution >= 4 is 22.4 Å². The monoisotopic (exact) mass is 294 g/mol. The number of fused-ring (bicyclic) bond motifs is 1. The summed E-state index contributed by atoms with van der Waals surface area (Å²) in [6.45, 7) is 1.05. The van der Waals surface area contributed by atoms with E-state index in [0.29, 0.717) is 42.5 Å². The minimum atomic E-state index is -4.46. The van der Waals surface area contributed by atoms with Gasteiger partial charge in [0.05, 0.1) is 11.2 Å². The van der Waals surface area contributed by atoms with Crippen molar-refractivity contribution in [2.24, 2.45) is 0 Å². The molecular formula is C15H13F3N2O. The van der Waals surface area contributed by atoms with Crippen molar-refractivity contribution in [3.05, 3.63) is 36.0 Å². The van der Waals surface area contributed by atoms with Crippen LogP contribution in [0.1, 0.15) is 18.5 Å². The average molecular weight is 294 g/mol. The van der Waals surface area contributed by atoms with E-state index in [1.165, 1.54) is 6.07 Å². The fourth-order valence-electron chi connectivity index (χ4n) is 2.54. The summed E-state index contributed by atoms with van der Waals surface area (Å²) in [5.74, 6) is 0.190. The molecule has 0 radical (unpaired) electrons. The standard InChI is InChI=1S/C15H13F3N2O/c16-15(17,18)13-5-4-10-2-1-3-12(14(10)19-13)20-8-6-11(21)7-9-20/h1-5H,6-9H2. The molecule has 1 aromatic heterocycles. The van der Waals surface area contributed by atoms with Crippen LogP contribution < -0.4 is 4.90 Å². The van der Waals surface area contributed by atoms with Crippen LogP contribution in [0, 0.1) is 0 Å². The summed E-state index contributed by atoms with van der Waals surface area (Å²) < 4.78 is 38.5. The number of halogens is 3. The Kier molecular flexibility index (Phi) is 3.31. The molecular weight excluding hydrogens is 281 g/mol. The zero-order chi connectivity index (χ0) is 15.0. The summed E-state index contributed by atoms with van der Waals surface area (Å²) in [5, 5.41) is 0.664. The minimum absolute atomic E-state index is 0.190. The number of carbonyl (C=O) groups excluding carboxylic acids is 1. The number of para-hydroxylation sites is 1. The summed E-state index contributed by atoms with van der Waals surface area (Å²) in [5.41, 5.74) is 0.100. The Hall–Kier alpha value is -2.11. The molecule has 1 fully saturated rings. The van der Waals surface area contributed by atoms with E-state index in [4.69, 9.17) is 0 Å². The third-order valence-electron chi connectivity index (χ3n) is 3.65. The first-order valence-electron chi connectivity index (χ1n) is 6.69. The van der Waals surface area contributed by atoms with Crippen LogP contribution in [0.4, 0.5) is 18.9 Å². The average Bonchev–Trinajstić information content (AvgIpc) is 2.46. The molecule has 0 N–H and O–H groups in total. The first-order valence-corrected chi connectivity index (χ1v) is 6.69. The van der Waals surface area contributed by atoms with Crippen LogP contribution in [-0.2, 0) is 11.0 Å². The topological polar surface area (TPSA) is 33.2 Å². The number of benzene rings is 1. The van der Waals surface area contributed by atoms with E-state index >= 15 is 0 Å². The smallest absolute Gasteiger partial charge is 0.369 e. The maximum absolute atomic E-state index is 12.8. The van der Waals surface area contributed by atoms with Gasteiger partial charge in [0.25, 0.3) is 0 Å². The SMILES string of the molecule is O=C1CCN(c2cccc3ccc(C(F)(F)F)nc23)CC1. The molecule has 3 rings (SSSR count). The molecule has 6 heteroatoms. The van der Waals surface area contributed by atoms with Crippen LogP contribution in [0.2, 0.25) is 0 Å². The van der Waals surface area contributed by atoms with E-state index in [0.717, 1.165) is 6.07 Å². The third-order valence-corrected chi connectivity index (χ3v) is 3.65. The number of aromatic nitrogens is 1. The predicted octanol–water partition coefficient (Wildman–Crippen LogP) is 3.42. The Bertz CT molecular complexity index is 687. The second-order valence-corrected chi connectivity index (χ2v) is 5.07.